The van der Waals surface area contributed by atoms with Gasteiger partial charge in [-0.25, -0.2) is 4.52 Å². The van der Waals surface area contributed by atoms with Crippen LogP contribution in [-0.2, 0) is 0 Å². The van der Waals surface area contributed by atoms with Gasteiger partial charge in [-0.1, -0.05) is 43.7 Å². The van der Waals surface area contributed by atoms with Crippen molar-refractivity contribution in [3.05, 3.63) is 54.4 Å². The van der Waals surface area contributed by atoms with Gasteiger partial charge >= 0.3 is 0 Å². The molecule has 0 spiro atoms. The maximum Gasteiger partial charge on any atom is 0.252 e. The Morgan fingerprint density at radius 3 is 2.72 bits per heavy atom. The highest BCUT2D eigenvalue weighted by atomic mass is 16.1. The zero-order valence-corrected chi connectivity index (χ0v) is 14.3. The number of primary amides is 1. The van der Waals surface area contributed by atoms with Crippen molar-refractivity contribution in [1.29, 1.82) is 0 Å². The predicted octanol–water partition coefficient (Wildman–Crippen LogP) is 3.70. The number of carbonyl (C=O) groups is 1. The molecule has 2 atom stereocenters. The van der Waals surface area contributed by atoms with Crippen molar-refractivity contribution >= 4 is 17.1 Å². The number of nitrogens with one attached hydrogen (secondary N) is 1. The number of anilines is 1. The van der Waals surface area contributed by atoms with Crippen LogP contribution in [0.15, 0.2) is 48.8 Å². The lowest BCUT2D eigenvalue weighted by Crippen LogP contribution is -2.25. The van der Waals surface area contributed by atoms with Crippen molar-refractivity contribution in [2.75, 3.05) is 5.32 Å². The second kappa shape index (κ2) is 6.24. The Kier molecular flexibility index (Phi) is 3.92. The zero-order chi connectivity index (χ0) is 17.4. The SMILES string of the molecule is CC1CCCC1Nc1c(C(N)=O)cnn2cc(-c3ccccc3)cc12. The number of nitrogens with zero attached hydrogens (tertiary/aromatic N) is 2. The van der Waals surface area contributed by atoms with Crippen LogP contribution in [0.4, 0.5) is 5.69 Å². The van der Waals surface area contributed by atoms with Gasteiger partial charge in [-0.15, -0.1) is 0 Å². The lowest BCUT2D eigenvalue weighted by Gasteiger charge is -2.20. The molecule has 2 unspecified atom stereocenters. The van der Waals surface area contributed by atoms with Crippen molar-refractivity contribution in [2.45, 2.75) is 32.2 Å². The van der Waals surface area contributed by atoms with Crippen LogP contribution in [-0.4, -0.2) is 21.6 Å². The van der Waals surface area contributed by atoms with Crippen LogP contribution in [0, 0.1) is 5.92 Å². The number of hydrogen-bond donors (Lipinski definition) is 2. The van der Waals surface area contributed by atoms with Gasteiger partial charge in [0.15, 0.2) is 0 Å². The molecule has 128 valence electrons. The quantitative estimate of drug-likeness (QED) is 0.764. The molecule has 1 aromatic carbocycles. The van der Waals surface area contributed by atoms with Crippen LogP contribution >= 0.6 is 0 Å². The maximum atomic E-state index is 11.9. The normalized spacial score (nSPS) is 20.0. The number of benzene rings is 1. The third-order valence-electron chi connectivity index (χ3n) is 5.20. The summed E-state index contributed by atoms with van der Waals surface area (Å²) in [6, 6.07) is 12.6. The molecule has 0 bridgehead atoms. The fourth-order valence-electron chi connectivity index (χ4n) is 3.73. The topological polar surface area (TPSA) is 72.4 Å². The van der Waals surface area contributed by atoms with E-state index in [0.29, 0.717) is 17.5 Å². The van der Waals surface area contributed by atoms with Crippen molar-refractivity contribution in [2.24, 2.45) is 11.7 Å². The second-order valence-corrected chi connectivity index (χ2v) is 6.88. The maximum absolute atomic E-state index is 11.9. The lowest BCUT2D eigenvalue weighted by atomic mass is 10.0. The molecule has 1 saturated carbocycles. The number of rotatable bonds is 4. The zero-order valence-electron chi connectivity index (χ0n) is 14.3. The summed E-state index contributed by atoms with van der Waals surface area (Å²) >= 11 is 0. The average Bonchev–Trinajstić information content (AvgIpc) is 3.22. The summed E-state index contributed by atoms with van der Waals surface area (Å²) in [5, 5.41) is 7.97. The highest BCUT2D eigenvalue weighted by Crippen LogP contribution is 2.33. The molecular formula is C20H22N4O. The van der Waals surface area contributed by atoms with E-state index in [2.05, 4.69) is 35.5 Å². The number of nitrogens with two attached hydrogens (primary N) is 1. The van der Waals surface area contributed by atoms with E-state index in [0.717, 1.165) is 28.8 Å². The molecule has 3 aromatic rings. The van der Waals surface area contributed by atoms with E-state index in [-0.39, 0.29) is 0 Å². The molecule has 2 aromatic heterocycles. The van der Waals surface area contributed by atoms with Crippen LogP contribution in [0.3, 0.4) is 0 Å². The first-order valence-corrected chi connectivity index (χ1v) is 8.76. The molecule has 1 fully saturated rings. The Bertz CT molecular complexity index is 916. The van der Waals surface area contributed by atoms with E-state index in [9.17, 15) is 4.79 Å². The smallest absolute Gasteiger partial charge is 0.252 e. The molecule has 5 nitrogen and oxygen atoms in total. The molecule has 0 saturated heterocycles. The van der Waals surface area contributed by atoms with Gasteiger partial charge in [0.2, 0.25) is 0 Å². The summed E-state index contributed by atoms with van der Waals surface area (Å²) < 4.78 is 1.82. The molecule has 0 radical (unpaired) electrons. The first-order chi connectivity index (χ1) is 12.1. The van der Waals surface area contributed by atoms with E-state index >= 15 is 0 Å². The fraction of sp³-hybridized carbons (Fsp3) is 0.300. The number of amides is 1. The average molecular weight is 334 g/mol. The lowest BCUT2D eigenvalue weighted by molar-refractivity contribution is 0.100. The summed E-state index contributed by atoms with van der Waals surface area (Å²) in [4.78, 5) is 11.9. The van der Waals surface area contributed by atoms with Gasteiger partial charge in [0.1, 0.15) is 0 Å². The number of aromatic nitrogens is 2. The monoisotopic (exact) mass is 334 g/mol. The highest BCUT2D eigenvalue weighted by Gasteiger charge is 2.26. The van der Waals surface area contributed by atoms with Crippen LogP contribution in [0.1, 0.15) is 36.5 Å². The Morgan fingerprint density at radius 1 is 1.24 bits per heavy atom. The summed E-state index contributed by atoms with van der Waals surface area (Å²) in [6.45, 7) is 2.25. The number of carbonyl (C=O) groups excluding carboxylic acids is 1. The molecule has 5 heteroatoms. The first-order valence-electron chi connectivity index (χ1n) is 8.76. The van der Waals surface area contributed by atoms with Crippen LogP contribution in [0.5, 0.6) is 0 Å². The van der Waals surface area contributed by atoms with E-state index in [1.807, 2.05) is 28.9 Å². The summed E-state index contributed by atoms with van der Waals surface area (Å²) in [5.41, 5.74) is 9.92. The first kappa shape index (κ1) is 15.7. The molecule has 3 N–H and O–H groups in total. The fourth-order valence-corrected chi connectivity index (χ4v) is 3.73. The van der Waals surface area contributed by atoms with Crippen molar-refractivity contribution in [3.63, 3.8) is 0 Å². The van der Waals surface area contributed by atoms with E-state index in [4.69, 9.17) is 5.73 Å². The third kappa shape index (κ3) is 2.86. The van der Waals surface area contributed by atoms with E-state index in [1.54, 1.807) is 6.20 Å². The molecule has 4 rings (SSSR count). The molecule has 2 heterocycles. The Labute approximate surface area is 146 Å². The van der Waals surface area contributed by atoms with Crippen LogP contribution < -0.4 is 11.1 Å². The van der Waals surface area contributed by atoms with Gasteiger partial charge in [0.25, 0.3) is 5.91 Å². The molecule has 25 heavy (non-hydrogen) atoms. The van der Waals surface area contributed by atoms with Gasteiger partial charge in [0.05, 0.1) is 23.0 Å². The minimum Gasteiger partial charge on any atom is -0.380 e. The van der Waals surface area contributed by atoms with Crippen molar-refractivity contribution < 1.29 is 4.79 Å². The van der Waals surface area contributed by atoms with Gasteiger partial charge in [-0.05, 0) is 30.4 Å². The summed E-state index contributed by atoms with van der Waals surface area (Å²) in [7, 11) is 0. The number of fused-ring (bicyclic) bond motifs is 1. The van der Waals surface area contributed by atoms with Gasteiger partial charge in [-0.2, -0.15) is 5.10 Å². The van der Waals surface area contributed by atoms with Crippen molar-refractivity contribution in [3.8, 4) is 11.1 Å². The van der Waals surface area contributed by atoms with E-state index < -0.39 is 5.91 Å². The third-order valence-corrected chi connectivity index (χ3v) is 5.20. The summed E-state index contributed by atoms with van der Waals surface area (Å²) in [6.07, 6.45) is 7.08. The Balaban J connectivity index is 1.83. The molecule has 0 aliphatic heterocycles. The van der Waals surface area contributed by atoms with Crippen LogP contribution in [0.2, 0.25) is 0 Å². The number of hydrogen-bond acceptors (Lipinski definition) is 3. The van der Waals surface area contributed by atoms with Crippen molar-refractivity contribution in [1.82, 2.24) is 9.61 Å². The minimum atomic E-state index is -0.453. The van der Waals surface area contributed by atoms with Gasteiger partial charge in [0, 0.05) is 17.8 Å². The summed E-state index contributed by atoms with van der Waals surface area (Å²) in [5.74, 6) is 0.128. The van der Waals surface area contributed by atoms with Gasteiger partial charge in [-0.3, -0.25) is 4.79 Å². The molecule has 1 aliphatic carbocycles. The minimum absolute atomic E-state index is 0.361. The second-order valence-electron chi connectivity index (χ2n) is 6.88. The molecule has 1 amide bonds. The Hall–Kier alpha value is -2.82. The Morgan fingerprint density at radius 2 is 2.04 bits per heavy atom. The van der Waals surface area contributed by atoms with Gasteiger partial charge < -0.3 is 11.1 Å². The predicted molar refractivity (Wildman–Crippen MR) is 99.6 cm³/mol. The standard InChI is InChI=1S/C20H22N4O/c1-13-6-5-9-17(13)23-19-16(20(21)25)11-22-24-12-15(10-18(19)24)14-7-3-2-4-8-14/h2-4,7-8,10-13,17,23H,5-6,9H2,1H3,(H2,21,25). The van der Waals surface area contributed by atoms with E-state index in [1.165, 1.54) is 12.8 Å². The molecular weight excluding hydrogens is 312 g/mol. The highest BCUT2D eigenvalue weighted by molar-refractivity contribution is 6.02. The molecule has 1 aliphatic rings. The van der Waals surface area contributed by atoms with Crippen LogP contribution in [0.25, 0.3) is 16.6 Å². The largest absolute Gasteiger partial charge is 0.380 e.